The zero-order valence-electron chi connectivity index (χ0n) is 11.8. The minimum Gasteiger partial charge on any atom is -0.375 e. The van der Waals surface area contributed by atoms with Crippen molar-refractivity contribution in [1.82, 2.24) is 14.9 Å². The molecule has 0 spiro atoms. The summed E-state index contributed by atoms with van der Waals surface area (Å²) in [6, 6.07) is 5.87. The normalized spacial score (nSPS) is 15.3. The smallest absolute Gasteiger partial charge is 0.266 e. The first-order valence-corrected chi connectivity index (χ1v) is 7.65. The Morgan fingerprint density at radius 3 is 2.62 bits per heavy atom. The zero-order chi connectivity index (χ0) is 14.8. The van der Waals surface area contributed by atoms with Gasteiger partial charge < -0.3 is 15.5 Å². The number of nitrogens with two attached hydrogens (primary N) is 1. The number of carbonyl (C=O) groups is 1. The van der Waals surface area contributed by atoms with Crippen LogP contribution in [0.3, 0.4) is 0 Å². The minimum absolute atomic E-state index is 0.0300. The third-order valence-corrected chi connectivity index (χ3v) is 4.52. The van der Waals surface area contributed by atoms with E-state index >= 15 is 0 Å². The molecular formula is C14H17N5OS. The van der Waals surface area contributed by atoms with Crippen LogP contribution < -0.4 is 10.6 Å². The molecule has 2 aromatic rings. The van der Waals surface area contributed by atoms with E-state index in [1.807, 2.05) is 30.0 Å². The summed E-state index contributed by atoms with van der Waals surface area (Å²) in [5.74, 6) is 0.991. The Morgan fingerprint density at radius 2 is 2.05 bits per heavy atom. The highest BCUT2D eigenvalue weighted by Gasteiger charge is 2.25. The molecule has 2 aromatic heterocycles. The van der Waals surface area contributed by atoms with Crippen LogP contribution in [0.15, 0.2) is 24.4 Å². The number of carbonyl (C=O) groups excluding carboxylic acids is 1. The summed E-state index contributed by atoms with van der Waals surface area (Å²) in [4.78, 5) is 25.7. The molecule has 3 rings (SSSR count). The summed E-state index contributed by atoms with van der Waals surface area (Å²) >= 11 is 1.26. The summed E-state index contributed by atoms with van der Waals surface area (Å²) in [5.41, 5.74) is 6.38. The highest BCUT2D eigenvalue weighted by Crippen LogP contribution is 2.22. The molecule has 0 bridgehead atoms. The number of aromatic nitrogens is 2. The quantitative estimate of drug-likeness (QED) is 0.907. The van der Waals surface area contributed by atoms with Gasteiger partial charge in [0.1, 0.15) is 10.7 Å². The van der Waals surface area contributed by atoms with Gasteiger partial charge >= 0.3 is 0 Å². The van der Waals surface area contributed by atoms with Gasteiger partial charge in [0.15, 0.2) is 5.13 Å². The number of piperazine rings is 1. The van der Waals surface area contributed by atoms with Crippen molar-refractivity contribution in [3.63, 3.8) is 0 Å². The lowest BCUT2D eigenvalue weighted by molar-refractivity contribution is 0.0750. The Morgan fingerprint density at radius 1 is 1.29 bits per heavy atom. The number of rotatable bonds is 2. The van der Waals surface area contributed by atoms with Crippen LogP contribution >= 0.6 is 11.3 Å². The van der Waals surface area contributed by atoms with Crippen molar-refractivity contribution in [3.8, 4) is 0 Å². The van der Waals surface area contributed by atoms with E-state index in [2.05, 4.69) is 14.9 Å². The number of anilines is 2. The number of pyridine rings is 1. The fourth-order valence-electron chi connectivity index (χ4n) is 2.44. The van der Waals surface area contributed by atoms with Crippen molar-refractivity contribution >= 4 is 28.2 Å². The maximum Gasteiger partial charge on any atom is 0.266 e. The van der Waals surface area contributed by atoms with Crippen molar-refractivity contribution in [1.29, 1.82) is 0 Å². The van der Waals surface area contributed by atoms with E-state index in [1.54, 1.807) is 6.20 Å². The molecule has 0 aliphatic carbocycles. The first kappa shape index (κ1) is 13.8. The van der Waals surface area contributed by atoms with Crippen LogP contribution in [-0.4, -0.2) is 47.0 Å². The van der Waals surface area contributed by atoms with Crippen LogP contribution in [0.4, 0.5) is 10.9 Å². The fraction of sp³-hybridized carbons (Fsp3) is 0.357. The Kier molecular flexibility index (Phi) is 3.74. The summed E-state index contributed by atoms with van der Waals surface area (Å²) < 4.78 is 0. The van der Waals surface area contributed by atoms with Crippen molar-refractivity contribution < 1.29 is 4.79 Å². The first-order chi connectivity index (χ1) is 10.1. The van der Waals surface area contributed by atoms with Crippen molar-refractivity contribution in [3.05, 3.63) is 35.0 Å². The molecule has 3 heterocycles. The molecule has 0 radical (unpaired) electrons. The molecule has 0 aromatic carbocycles. The van der Waals surface area contributed by atoms with Gasteiger partial charge in [-0.25, -0.2) is 9.97 Å². The SMILES string of the molecule is Cc1nc(N)sc1C(=O)N1CCN(c2ccccn2)CC1. The molecule has 21 heavy (non-hydrogen) atoms. The molecule has 0 atom stereocenters. The van der Waals surface area contributed by atoms with Crippen molar-refractivity contribution in [2.24, 2.45) is 0 Å². The molecule has 1 aliphatic rings. The van der Waals surface area contributed by atoms with Crippen molar-refractivity contribution in [2.45, 2.75) is 6.92 Å². The predicted molar refractivity (Wildman–Crippen MR) is 83.6 cm³/mol. The molecule has 2 N–H and O–H groups in total. The van der Waals surface area contributed by atoms with Gasteiger partial charge in [-0.3, -0.25) is 4.79 Å². The average molecular weight is 303 g/mol. The second-order valence-electron chi connectivity index (χ2n) is 4.93. The summed E-state index contributed by atoms with van der Waals surface area (Å²) in [7, 11) is 0. The van der Waals surface area contributed by atoms with Crippen LogP contribution in [0.1, 0.15) is 15.4 Å². The summed E-state index contributed by atoms with van der Waals surface area (Å²) in [6.07, 6.45) is 1.79. The van der Waals surface area contributed by atoms with Gasteiger partial charge in [0.2, 0.25) is 0 Å². The van der Waals surface area contributed by atoms with Gasteiger partial charge in [0, 0.05) is 32.4 Å². The number of amides is 1. The van der Waals surface area contributed by atoms with Gasteiger partial charge in [-0.2, -0.15) is 0 Å². The third-order valence-electron chi connectivity index (χ3n) is 3.55. The number of aryl methyl sites for hydroxylation is 1. The van der Waals surface area contributed by atoms with Crippen LogP contribution in [0.2, 0.25) is 0 Å². The lowest BCUT2D eigenvalue weighted by Crippen LogP contribution is -2.49. The Bertz CT molecular complexity index is 634. The molecule has 0 saturated carbocycles. The summed E-state index contributed by atoms with van der Waals surface area (Å²) in [6.45, 7) is 4.77. The van der Waals surface area contributed by atoms with E-state index < -0.39 is 0 Å². The standard InChI is InChI=1S/C14H17N5OS/c1-10-12(21-14(15)17-10)13(20)19-8-6-18(7-9-19)11-4-2-3-5-16-11/h2-5H,6-9H2,1H3,(H2,15,17). The highest BCUT2D eigenvalue weighted by molar-refractivity contribution is 7.17. The maximum absolute atomic E-state index is 12.5. The van der Waals surface area contributed by atoms with E-state index in [-0.39, 0.29) is 5.91 Å². The lowest BCUT2D eigenvalue weighted by Gasteiger charge is -2.35. The van der Waals surface area contributed by atoms with E-state index in [1.165, 1.54) is 11.3 Å². The van der Waals surface area contributed by atoms with Gasteiger partial charge in [0.05, 0.1) is 5.69 Å². The molecule has 1 aliphatic heterocycles. The predicted octanol–water partition coefficient (Wildman–Crippen LogP) is 1.39. The third kappa shape index (κ3) is 2.82. The minimum atomic E-state index is 0.0300. The van der Waals surface area contributed by atoms with Gasteiger partial charge in [0.25, 0.3) is 5.91 Å². The molecule has 7 heteroatoms. The number of thiazole rings is 1. The van der Waals surface area contributed by atoms with E-state index in [9.17, 15) is 4.79 Å². The van der Waals surface area contributed by atoms with Gasteiger partial charge in [-0.05, 0) is 19.1 Å². The molecule has 0 unspecified atom stereocenters. The fourth-order valence-corrected chi connectivity index (χ4v) is 3.24. The van der Waals surface area contributed by atoms with E-state index in [0.717, 1.165) is 24.6 Å². The largest absolute Gasteiger partial charge is 0.375 e. The molecule has 6 nitrogen and oxygen atoms in total. The summed E-state index contributed by atoms with van der Waals surface area (Å²) in [5, 5.41) is 0.447. The zero-order valence-corrected chi connectivity index (χ0v) is 12.6. The van der Waals surface area contributed by atoms with Crippen LogP contribution in [0, 0.1) is 6.92 Å². The first-order valence-electron chi connectivity index (χ1n) is 6.83. The molecule has 1 amide bonds. The molecule has 110 valence electrons. The Balaban J connectivity index is 1.66. The van der Waals surface area contributed by atoms with Crippen LogP contribution in [0.25, 0.3) is 0 Å². The second-order valence-corrected chi connectivity index (χ2v) is 5.96. The second kappa shape index (κ2) is 5.69. The monoisotopic (exact) mass is 303 g/mol. The number of nitrogen functional groups attached to an aromatic ring is 1. The molecule has 1 saturated heterocycles. The van der Waals surface area contributed by atoms with E-state index in [4.69, 9.17) is 5.73 Å². The Hall–Kier alpha value is -2.15. The molecule has 1 fully saturated rings. The number of nitrogens with zero attached hydrogens (tertiary/aromatic N) is 4. The van der Waals surface area contributed by atoms with Gasteiger partial charge in [-0.15, -0.1) is 0 Å². The topological polar surface area (TPSA) is 75.3 Å². The number of hydrogen-bond donors (Lipinski definition) is 1. The number of hydrogen-bond acceptors (Lipinski definition) is 6. The van der Waals surface area contributed by atoms with E-state index in [0.29, 0.717) is 23.1 Å². The average Bonchev–Trinajstić information content (AvgIpc) is 2.86. The van der Waals surface area contributed by atoms with Crippen LogP contribution in [-0.2, 0) is 0 Å². The van der Waals surface area contributed by atoms with Gasteiger partial charge in [-0.1, -0.05) is 17.4 Å². The van der Waals surface area contributed by atoms with Crippen LogP contribution in [0.5, 0.6) is 0 Å². The maximum atomic E-state index is 12.5. The lowest BCUT2D eigenvalue weighted by atomic mass is 10.2. The Labute approximate surface area is 127 Å². The highest BCUT2D eigenvalue weighted by atomic mass is 32.1. The molecular weight excluding hydrogens is 286 g/mol. The van der Waals surface area contributed by atoms with Crippen molar-refractivity contribution in [2.75, 3.05) is 36.8 Å².